The van der Waals surface area contributed by atoms with E-state index in [1.54, 1.807) is 0 Å². The molecule has 3 aliphatic rings. The molecule has 0 aromatic heterocycles. The summed E-state index contributed by atoms with van der Waals surface area (Å²) < 4.78 is 6.37. The van der Waals surface area contributed by atoms with E-state index in [4.69, 9.17) is 4.74 Å². The molecule has 0 atom stereocenters. The zero-order chi connectivity index (χ0) is 39.1. The lowest BCUT2D eigenvalue weighted by Gasteiger charge is -2.37. The molecule has 8 aromatic rings. The SMILES string of the molecule is Cc1cc(N2c3ccccc3Cc3ccccc32)cc(C)c1B1c2ccccc2B(c2c(C)cc(N3c4ccccc4Oc4ccccc43)cc2C)c2ccccc21. The Morgan fingerprint density at radius 2 is 0.690 bits per heavy atom. The van der Waals surface area contributed by atoms with Crippen LogP contribution in [0.4, 0.5) is 34.1 Å². The number of fused-ring (bicyclic) bond motifs is 6. The second-order valence-corrected chi connectivity index (χ2v) is 16.3. The predicted octanol–water partition coefficient (Wildman–Crippen LogP) is 9.22. The van der Waals surface area contributed by atoms with Crippen LogP contribution in [0.5, 0.6) is 11.5 Å². The van der Waals surface area contributed by atoms with Crippen molar-refractivity contribution in [2.24, 2.45) is 0 Å². The molecule has 8 aromatic carbocycles. The first kappa shape index (κ1) is 34.5. The first-order chi connectivity index (χ1) is 28.4. The average molecular weight is 745 g/mol. The van der Waals surface area contributed by atoms with Crippen LogP contribution in [-0.4, -0.2) is 13.4 Å². The number of para-hydroxylation sites is 6. The summed E-state index contributed by atoms with van der Waals surface area (Å²) in [5.74, 6) is 1.73. The van der Waals surface area contributed by atoms with E-state index >= 15 is 0 Å². The zero-order valence-electron chi connectivity index (χ0n) is 33.3. The maximum absolute atomic E-state index is 6.37. The van der Waals surface area contributed by atoms with Gasteiger partial charge in [-0.1, -0.05) is 164 Å². The third kappa shape index (κ3) is 5.30. The Kier molecular flexibility index (Phi) is 8.01. The molecule has 0 N–H and O–H groups in total. The van der Waals surface area contributed by atoms with Gasteiger partial charge in [0.25, 0.3) is 0 Å². The summed E-state index contributed by atoms with van der Waals surface area (Å²) in [6.45, 7) is 9.44. The summed E-state index contributed by atoms with van der Waals surface area (Å²) >= 11 is 0. The average Bonchev–Trinajstić information content (AvgIpc) is 3.24. The van der Waals surface area contributed by atoms with Crippen molar-refractivity contribution in [3.8, 4) is 11.5 Å². The van der Waals surface area contributed by atoms with Crippen molar-refractivity contribution in [2.75, 3.05) is 9.80 Å². The highest BCUT2D eigenvalue weighted by Crippen LogP contribution is 2.50. The number of anilines is 6. The largest absolute Gasteiger partial charge is 0.453 e. The topological polar surface area (TPSA) is 15.7 Å². The lowest BCUT2D eigenvalue weighted by Crippen LogP contribution is -2.75. The van der Waals surface area contributed by atoms with E-state index in [0.717, 1.165) is 35.0 Å². The van der Waals surface area contributed by atoms with Crippen LogP contribution < -0.4 is 47.3 Å². The molecule has 276 valence electrons. The molecule has 3 aliphatic heterocycles. The van der Waals surface area contributed by atoms with Crippen LogP contribution in [-0.2, 0) is 6.42 Å². The van der Waals surface area contributed by atoms with E-state index in [-0.39, 0.29) is 13.4 Å². The molecule has 0 saturated carbocycles. The molecule has 0 radical (unpaired) electrons. The number of aryl methyl sites for hydroxylation is 4. The lowest BCUT2D eigenvalue weighted by atomic mass is 9.20. The van der Waals surface area contributed by atoms with Gasteiger partial charge in [-0.3, -0.25) is 0 Å². The smallest absolute Gasteiger partial charge is 0.240 e. The standard InChI is InChI=1S/C53H42B2N2O/c1-34-29-40(56-46-23-11-5-17-38(46)33-39-18-6-12-24-47(39)56)30-35(2)52(34)54-42-19-7-9-21-44(42)55(45-22-10-8-20-43(45)54)53-36(3)31-41(32-37(53)4)57-48-25-13-15-27-50(48)58-51-28-16-14-26-49(51)57/h5-32H,33H2,1-4H3. The number of nitrogens with zero attached hydrogens (tertiary/aromatic N) is 2. The van der Waals surface area contributed by atoms with Crippen molar-refractivity contribution in [1.82, 2.24) is 0 Å². The summed E-state index contributed by atoms with van der Waals surface area (Å²) in [6, 6.07) is 62.5. The molecule has 11 rings (SSSR count). The van der Waals surface area contributed by atoms with Gasteiger partial charge < -0.3 is 14.5 Å². The fraction of sp³-hybridized carbons (Fsp3) is 0.0943. The van der Waals surface area contributed by atoms with Crippen LogP contribution in [0.2, 0.25) is 0 Å². The van der Waals surface area contributed by atoms with E-state index in [9.17, 15) is 0 Å². The van der Waals surface area contributed by atoms with E-state index < -0.39 is 0 Å². The monoisotopic (exact) mass is 744 g/mol. The second-order valence-electron chi connectivity index (χ2n) is 16.3. The highest BCUT2D eigenvalue weighted by molar-refractivity contribution is 7.11. The molecule has 0 bridgehead atoms. The van der Waals surface area contributed by atoms with Crippen molar-refractivity contribution in [3.05, 3.63) is 203 Å². The van der Waals surface area contributed by atoms with Crippen molar-refractivity contribution in [3.63, 3.8) is 0 Å². The van der Waals surface area contributed by atoms with Gasteiger partial charge in [0.1, 0.15) is 0 Å². The van der Waals surface area contributed by atoms with Gasteiger partial charge in [-0.25, -0.2) is 0 Å². The Morgan fingerprint density at radius 3 is 1.09 bits per heavy atom. The van der Waals surface area contributed by atoms with E-state index in [0.29, 0.717) is 0 Å². The first-order valence-corrected chi connectivity index (χ1v) is 20.5. The number of hydrogen-bond donors (Lipinski definition) is 0. The molecule has 0 saturated heterocycles. The fourth-order valence-corrected chi connectivity index (χ4v) is 10.5. The summed E-state index contributed by atoms with van der Waals surface area (Å²) in [6.07, 6.45) is 0.951. The third-order valence-electron chi connectivity index (χ3n) is 12.8. The van der Waals surface area contributed by atoms with Crippen molar-refractivity contribution in [1.29, 1.82) is 0 Å². The number of rotatable bonds is 4. The Labute approximate surface area is 342 Å². The maximum Gasteiger partial charge on any atom is 0.240 e. The summed E-state index contributed by atoms with van der Waals surface area (Å²) in [5.41, 5.74) is 23.2. The number of hydrogen-bond acceptors (Lipinski definition) is 3. The van der Waals surface area contributed by atoms with Crippen LogP contribution in [0, 0.1) is 27.7 Å². The molecule has 3 nitrogen and oxygen atoms in total. The highest BCUT2D eigenvalue weighted by Gasteiger charge is 2.41. The molecule has 3 heterocycles. The Morgan fingerprint density at radius 1 is 0.379 bits per heavy atom. The molecule has 0 spiro atoms. The molecule has 0 aliphatic carbocycles. The van der Waals surface area contributed by atoms with Crippen molar-refractivity contribution >= 4 is 80.3 Å². The molecule has 0 fully saturated rings. The molecular weight excluding hydrogens is 702 g/mol. The van der Waals surface area contributed by atoms with Gasteiger partial charge in [0.15, 0.2) is 11.5 Å². The molecule has 5 heteroatoms. The predicted molar refractivity (Wildman–Crippen MR) is 246 cm³/mol. The van der Waals surface area contributed by atoms with E-state index in [2.05, 4.69) is 195 Å². The van der Waals surface area contributed by atoms with Crippen molar-refractivity contribution < 1.29 is 4.74 Å². The van der Waals surface area contributed by atoms with Gasteiger partial charge >= 0.3 is 0 Å². The molecule has 0 unspecified atom stereocenters. The van der Waals surface area contributed by atoms with Gasteiger partial charge in [0.2, 0.25) is 13.4 Å². The van der Waals surface area contributed by atoms with Gasteiger partial charge in [0, 0.05) is 29.2 Å². The minimum atomic E-state index is 0.100. The third-order valence-corrected chi connectivity index (χ3v) is 12.8. The minimum absolute atomic E-state index is 0.100. The normalized spacial score (nSPS) is 13.4. The Hall–Kier alpha value is -6.71. The second kappa shape index (κ2) is 13.5. The van der Waals surface area contributed by atoms with Gasteiger partial charge in [-0.05, 0) is 99.5 Å². The van der Waals surface area contributed by atoms with Crippen LogP contribution in [0.15, 0.2) is 170 Å². The van der Waals surface area contributed by atoms with Crippen molar-refractivity contribution in [2.45, 2.75) is 34.1 Å². The van der Waals surface area contributed by atoms with E-state index in [1.807, 2.05) is 12.1 Å². The van der Waals surface area contributed by atoms with Gasteiger partial charge in [-0.15, -0.1) is 0 Å². The summed E-state index contributed by atoms with van der Waals surface area (Å²) in [4.78, 5) is 4.83. The zero-order valence-corrected chi connectivity index (χ0v) is 33.3. The molecule has 0 amide bonds. The number of benzene rings is 8. The van der Waals surface area contributed by atoms with E-state index in [1.165, 1.54) is 83.2 Å². The quantitative estimate of drug-likeness (QED) is 0.167. The maximum atomic E-state index is 6.37. The first-order valence-electron chi connectivity index (χ1n) is 20.5. The lowest BCUT2D eigenvalue weighted by molar-refractivity contribution is 0.477. The summed E-state index contributed by atoms with van der Waals surface area (Å²) in [7, 11) is 0. The molecular formula is C53H42B2N2O. The Balaban J connectivity index is 1.04. The van der Waals surface area contributed by atoms with Crippen LogP contribution in [0.25, 0.3) is 0 Å². The molecule has 58 heavy (non-hydrogen) atoms. The van der Waals surface area contributed by atoms with Crippen LogP contribution in [0.1, 0.15) is 33.4 Å². The van der Waals surface area contributed by atoms with Gasteiger partial charge in [0.05, 0.1) is 11.4 Å². The van der Waals surface area contributed by atoms with Gasteiger partial charge in [-0.2, -0.15) is 0 Å². The minimum Gasteiger partial charge on any atom is -0.453 e. The number of ether oxygens (including phenoxy) is 1. The highest BCUT2D eigenvalue weighted by atomic mass is 16.5. The van der Waals surface area contributed by atoms with Crippen LogP contribution in [0.3, 0.4) is 0 Å². The fourth-order valence-electron chi connectivity index (χ4n) is 10.5. The summed E-state index contributed by atoms with van der Waals surface area (Å²) in [5, 5.41) is 0. The van der Waals surface area contributed by atoms with Crippen LogP contribution >= 0.6 is 0 Å². The Bertz CT molecular complexity index is 2570.